The average Bonchev–Trinajstić information content (AvgIpc) is 3.62. The molecule has 1 heterocycles. The molecule has 0 bridgehead atoms. The largest absolute Gasteiger partial charge is 0.481 e. The number of likely N-dealkylation sites (tertiary alicyclic amines) is 1. The highest BCUT2D eigenvalue weighted by Crippen LogP contribution is 2.54. The summed E-state index contributed by atoms with van der Waals surface area (Å²) < 4.78 is 5.43. The van der Waals surface area contributed by atoms with Crippen LogP contribution in [0.2, 0.25) is 10.0 Å². The number of rotatable bonds is 8. The maximum absolute atomic E-state index is 14.2. The molecule has 0 aromatic heterocycles. The lowest BCUT2D eigenvalue weighted by Gasteiger charge is -2.51. The number of piperidine rings is 1. The van der Waals surface area contributed by atoms with Crippen LogP contribution in [0.1, 0.15) is 62.6 Å². The fourth-order valence-corrected chi connectivity index (χ4v) is 5.68. The van der Waals surface area contributed by atoms with Crippen molar-refractivity contribution in [2.75, 3.05) is 6.61 Å². The molecule has 1 aliphatic heterocycles. The number of carbonyl (C=O) groups is 3. The molecule has 1 aliphatic carbocycles. The molecule has 2 aromatic carbocycles. The number of hydrogen-bond donors (Lipinski definition) is 1. The molecule has 2 fully saturated rings. The molecule has 4 atom stereocenters. The average molecular weight is 518 g/mol. The molecule has 2 aliphatic rings. The van der Waals surface area contributed by atoms with E-state index in [1.54, 1.807) is 36.9 Å². The van der Waals surface area contributed by atoms with E-state index in [9.17, 15) is 19.5 Å². The van der Waals surface area contributed by atoms with E-state index in [2.05, 4.69) is 0 Å². The summed E-state index contributed by atoms with van der Waals surface area (Å²) >= 11 is 12.5. The second-order valence-corrected chi connectivity index (χ2v) is 10.6. The molecule has 1 amide bonds. The van der Waals surface area contributed by atoms with E-state index < -0.39 is 29.4 Å². The zero-order valence-electron chi connectivity index (χ0n) is 19.7. The minimum absolute atomic E-state index is 0.0278. The van der Waals surface area contributed by atoms with Crippen molar-refractivity contribution >= 4 is 41.0 Å². The Balaban J connectivity index is 1.92. The summed E-state index contributed by atoms with van der Waals surface area (Å²) in [5, 5.41) is 10.8. The third-order valence-corrected chi connectivity index (χ3v) is 7.52. The molecule has 0 spiro atoms. The van der Waals surface area contributed by atoms with Crippen LogP contribution in [0.3, 0.4) is 0 Å². The number of ether oxygens (including phenoxy) is 1. The lowest BCUT2D eigenvalue weighted by atomic mass is 9.67. The maximum atomic E-state index is 14.2. The van der Waals surface area contributed by atoms with Crippen LogP contribution in [0, 0.1) is 11.3 Å². The zero-order chi connectivity index (χ0) is 25.3. The van der Waals surface area contributed by atoms with Crippen molar-refractivity contribution < 1.29 is 24.2 Å². The molecule has 2 aromatic rings. The molecule has 0 unspecified atom stereocenters. The first kappa shape index (κ1) is 25.5. The Morgan fingerprint density at radius 3 is 2.37 bits per heavy atom. The molecule has 0 radical (unpaired) electrons. The summed E-state index contributed by atoms with van der Waals surface area (Å²) in [6, 6.07) is 13.3. The summed E-state index contributed by atoms with van der Waals surface area (Å²) in [5.41, 5.74) is 0.492. The van der Waals surface area contributed by atoms with Gasteiger partial charge in [-0.1, -0.05) is 54.4 Å². The highest BCUT2D eigenvalue weighted by atomic mass is 35.5. The molecule has 1 saturated heterocycles. The van der Waals surface area contributed by atoms with Crippen molar-refractivity contribution in [2.24, 2.45) is 11.3 Å². The number of halogens is 2. The smallest absolute Gasteiger partial charge is 0.329 e. The fourth-order valence-electron chi connectivity index (χ4n) is 5.36. The Kier molecular flexibility index (Phi) is 7.43. The van der Waals surface area contributed by atoms with E-state index in [1.807, 2.05) is 30.3 Å². The van der Waals surface area contributed by atoms with E-state index in [1.165, 1.54) is 0 Å². The quantitative estimate of drug-likeness (QED) is 0.442. The van der Waals surface area contributed by atoms with Gasteiger partial charge < -0.3 is 14.7 Å². The zero-order valence-corrected chi connectivity index (χ0v) is 21.3. The van der Waals surface area contributed by atoms with Gasteiger partial charge in [-0.25, -0.2) is 4.79 Å². The molecule has 186 valence electrons. The van der Waals surface area contributed by atoms with Gasteiger partial charge in [-0.05, 0) is 67.5 Å². The van der Waals surface area contributed by atoms with Crippen LogP contribution in [0.4, 0.5) is 0 Å². The Morgan fingerprint density at radius 1 is 1.11 bits per heavy atom. The summed E-state index contributed by atoms with van der Waals surface area (Å²) in [5.74, 6) is -2.18. The van der Waals surface area contributed by atoms with Crippen molar-refractivity contribution in [1.82, 2.24) is 4.90 Å². The predicted molar refractivity (Wildman–Crippen MR) is 133 cm³/mol. The van der Waals surface area contributed by atoms with Gasteiger partial charge in [0.15, 0.2) is 0 Å². The lowest BCUT2D eigenvalue weighted by Crippen LogP contribution is -2.59. The predicted octanol–water partition coefficient (Wildman–Crippen LogP) is 5.87. The summed E-state index contributed by atoms with van der Waals surface area (Å²) in [6.07, 6.45) is 1.56. The van der Waals surface area contributed by atoms with Gasteiger partial charge in [0.1, 0.15) is 6.04 Å². The van der Waals surface area contributed by atoms with Gasteiger partial charge in [0, 0.05) is 16.0 Å². The first-order valence-corrected chi connectivity index (χ1v) is 12.6. The first-order valence-electron chi connectivity index (χ1n) is 11.9. The number of carboxylic acid groups (broad SMARTS) is 1. The second-order valence-electron chi connectivity index (χ2n) is 9.74. The maximum Gasteiger partial charge on any atom is 0.329 e. The van der Waals surface area contributed by atoms with Crippen LogP contribution in [-0.2, 0) is 19.1 Å². The van der Waals surface area contributed by atoms with E-state index >= 15 is 0 Å². The van der Waals surface area contributed by atoms with Crippen molar-refractivity contribution in [3.8, 4) is 0 Å². The minimum atomic E-state index is -1.21. The molecular formula is C27H29Cl2NO5. The third kappa shape index (κ3) is 5.34. The van der Waals surface area contributed by atoms with Crippen molar-refractivity contribution in [3.05, 3.63) is 69.7 Å². The summed E-state index contributed by atoms with van der Waals surface area (Å²) in [7, 11) is 0. The van der Waals surface area contributed by atoms with Crippen LogP contribution in [0.15, 0.2) is 48.5 Å². The number of nitrogens with zero attached hydrogens (tertiary/aromatic N) is 1. The van der Waals surface area contributed by atoms with E-state index in [-0.39, 0.29) is 30.8 Å². The van der Waals surface area contributed by atoms with Gasteiger partial charge >= 0.3 is 11.9 Å². The van der Waals surface area contributed by atoms with Crippen LogP contribution in [0.25, 0.3) is 0 Å². The van der Waals surface area contributed by atoms with E-state index in [0.29, 0.717) is 16.5 Å². The van der Waals surface area contributed by atoms with Crippen LogP contribution in [-0.4, -0.2) is 40.5 Å². The molecule has 35 heavy (non-hydrogen) atoms. The number of aliphatic carboxylic acids is 1. The number of amides is 1. The van der Waals surface area contributed by atoms with Crippen molar-refractivity contribution in [3.63, 3.8) is 0 Å². The molecule has 4 rings (SSSR count). The van der Waals surface area contributed by atoms with Gasteiger partial charge in [0.05, 0.1) is 24.5 Å². The van der Waals surface area contributed by atoms with Gasteiger partial charge in [-0.3, -0.25) is 9.59 Å². The topological polar surface area (TPSA) is 83.9 Å². The van der Waals surface area contributed by atoms with Gasteiger partial charge in [-0.2, -0.15) is 0 Å². The Labute approximate surface area is 215 Å². The van der Waals surface area contributed by atoms with Crippen LogP contribution < -0.4 is 0 Å². The van der Waals surface area contributed by atoms with Gasteiger partial charge in [0.25, 0.3) is 0 Å². The molecule has 1 saturated carbocycles. The number of carbonyl (C=O) groups excluding carboxylic acids is 2. The summed E-state index contributed by atoms with van der Waals surface area (Å²) in [6.45, 7) is 3.61. The van der Waals surface area contributed by atoms with Crippen molar-refractivity contribution in [1.29, 1.82) is 0 Å². The number of esters is 1. The summed E-state index contributed by atoms with van der Waals surface area (Å²) in [4.78, 5) is 40.9. The van der Waals surface area contributed by atoms with Crippen LogP contribution in [0.5, 0.6) is 0 Å². The Morgan fingerprint density at radius 2 is 1.80 bits per heavy atom. The Bertz CT molecular complexity index is 1120. The number of benzene rings is 2. The normalized spacial score (nSPS) is 25.3. The molecule has 6 nitrogen and oxygen atoms in total. The van der Waals surface area contributed by atoms with Crippen molar-refractivity contribution in [2.45, 2.75) is 57.5 Å². The van der Waals surface area contributed by atoms with Gasteiger partial charge in [-0.15, -0.1) is 0 Å². The molecule has 8 heteroatoms. The first-order chi connectivity index (χ1) is 16.6. The van der Waals surface area contributed by atoms with E-state index in [0.717, 1.165) is 24.0 Å². The minimum Gasteiger partial charge on any atom is -0.481 e. The second kappa shape index (κ2) is 10.2. The van der Waals surface area contributed by atoms with E-state index in [4.69, 9.17) is 27.9 Å². The monoisotopic (exact) mass is 517 g/mol. The number of hydrogen-bond acceptors (Lipinski definition) is 4. The fraction of sp³-hybridized carbons (Fsp3) is 0.444. The lowest BCUT2D eigenvalue weighted by molar-refractivity contribution is -0.170. The van der Waals surface area contributed by atoms with Crippen LogP contribution >= 0.6 is 23.2 Å². The molecular weight excluding hydrogens is 489 g/mol. The molecule has 1 N–H and O–H groups in total. The highest BCUT2D eigenvalue weighted by molar-refractivity contribution is 6.30. The standard InChI is InChI=1S/C27H29Cl2NO5/c1-3-35-25(33)24(17-7-8-17)30-23(16-9-11-19(28)12-10-16)21(18-5-4-6-20(29)13-18)14-27(2,26(30)34)15-22(31)32/h4-6,9-13,17,21,23-24H,3,7-8,14-15H2,1-2H3,(H,31,32)/t21-,23-,24+,27-/m1/s1. The highest BCUT2D eigenvalue weighted by Gasteiger charge is 2.56. The third-order valence-electron chi connectivity index (χ3n) is 7.03. The SMILES string of the molecule is CCOC(=O)[C@H](C1CC1)N1C(=O)[C@@](C)(CC(=O)O)C[C@H](c2cccc(Cl)c2)[C@H]1c1ccc(Cl)cc1. The number of carboxylic acids is 1. The van der Waals surface area contributed by atoms with Gasteiger partial charge in [0.2, 0.25) is 5.91 Å². The Hall–Kier alpha value is -2.57.